The average molecular weight is 264 g/mol. The molecule has 0 saturated heterocycles. The van der Waals surface area contributed by atoms with Crippen LogP contribution >= 0.6 is 0 Å². The fourth-order valence-corrected chi connectivity index (χ4v) is 1.85. The van der Waals surface area contributed by atoms with Crippen molar-refractivity contribution in [1.29, 1.82) is 0 Å². The molecule has 1 amide bonds. The molecule has 0 aliphatic heterocycles. The Bertz CT molecular complexity index is 354. The highest BCUT2D eigenvalue weighted by Gasteiger charge is 2.10. The van der Waals surface area contributed by atoms with E-state index in [1.54, 1.807) is 7.11 Å². The molecule has 0 saturated carbocycles. The monoisotopic (exact) mass is 264 g/mol. The first-order valence-electron chi connectivity index (χ1n) is 6.79. The van der Waals surface area contributed by atoms with Crippen LogP contribution in [0.1, 0.15) is 12.5 Å². The Morgan fingerprint density at radius 3 is 2.68 bits per heavy atom. The fourth-order valence-electron chi connectivity index (χ4n) is 1.85. The van der Waals surface area contributed by atoms with Crippen molar-refractivity contribution >= 4 is 5.91 Å². The minimum absolute atomic E-state index is 0.148. The number of nitrogens with zero attached hydrogens (tertiary/aromatic N) is 1. The van der Waals surface area contributed by atoms with Gasteiger partial charge in [0.15, 0.2) is 0 Å². The van der Waals surface area contributed by atoms with Gasteiger partial charge in [0.05, 0.1) is 13.2 Å². The highest BCUT2D eigenvalue weighted by atomic mass is 16.5. The van der Waals surface area contributed by atoms with Crippen molar-refractivity contribution < 1.29 is 9.53 Å². The summed E-state index contributed by atoms with van der Waals surface area (Å²) >= 11 is 0. The molecule has 0 aliphatic rings. The highest BCUT2D eigenvalue weighted by molar-refractivity contribution is 5.78. The number of likely N-dealkylation sites (N-methyl/N-ethyl adjacent to an activating group) is 1. The first-order chi connectivity index (χ1) is 9.27. The smallest absolute Gasteiger partial charge is 0.236 e. The molecule has 0 aromatic heterocycles. The van der Waals surface area contributed by atoms with Crippen LogP contribution in [0.3, 0.4) is 0 Å². The van der Waals surface area contributed by atoms with E-state index in [1.807, 2.05) is 30.0 Å². The van der Waals surface area contributed by atoms with Crippen molar-refractivity contribution in [2.45, 2.75) is 13.3 Å². The van der Waals surface area contributed by atoms with Crippen molar-refractivity contribution in [1.82, 2.24) is 10.2 Å². The quantitative estimate of drug-likeness (QED) is 0.684. The van der Waals surface area contributed by atoms with Crippen LogP contribution < -0.4 is 5.32 Å². The normalized spacial score (nSPS) is 10.4. The van der Waals surface area contributed by atoms with Crippen LogP contribution in [0.2, 0.25) is 0 Å². The number of hydrogen-bond donors (Lipinski definition) is 1. The van der Waals surface area contributed by atoms with Crippen molar-refractivity contribution in [3.05, 3.63) is 35.9 Å². The minimum atomic E-state index is 0.148. The first kappa shape index (κ1) is 15.7. The van der Waals surface area contributed by atoms with Gasteiger partial charge in [-0.1, -0.05) is 30.3 Å². The van der Waals surface area contributed by atoms with E-state index < -0.39 is 0 Å². The number of methoxy groups -OCH3 is 1. The summed E-state index contributed by atoms with van der Waals surface area (Å²) in [5.41, 5.74) is 1.26. The number of amides is 1. The van der Waals surface area contributed by atoms with Crippen LogP contribution in [0.5, 0.6) is 0 Å². The second-order valence-corrected chi connectivity index (χ2v) is 4.38. The van der Waals surface area contributed by atoms with Crippen LogP contribution in [-0.2, 0) is 16.0 Å². The summed E-state index contributed by atoms with van der Waals surface area (Å²) < 4.78 is 4.93. The van der Waals surface area contributed by atoms with Crippen LogP contribution in [0.15, 0.2) is 30.3 Å². The van der Waals surface area contributed by atoms with Gasteiger partial charge in [0, 0.05) is 26.7 Å². The zero-order valence-electron chi connectivity index (χ0n) is 11.9. The standard InChI is InChI=1S/C15H24N2O2/c1-3-17(15(18)13-16-10-12-19-2)11-9-14-7-5-4-6-8-14/h4-8,16H,3,9-13H2,1-2H3. The van der Waals surface area contributed by atoms with Crippen molar-refractivity contribution in [3.8, 4) is 0 Å². The number of rotatable bonds is 9. The van der Waals surface area contributed by atoms with Gasteiger partial charge in [-0.15, -0.1) is 0 Å². The first-order valence-corrected chi connectivity index (χ1v) is 6.79. The SMILES string of the molecule is CCN(CCc1ccccc1)C(=O)CNCCOC. The third-order valence-corrected chi connectivity index (χ3v) is 3.01. The number of carbonyl (C=O) groups excluding carboxylic acids is 1. The van der Waals surface area contributed by atoms with Crippen molar-refractivity contribution in [2.24, 2.45) is 0 Å². The number of benzene rings is 1. The Hall–Kier alpha value is -1.39. The molecule has 0 heterocycles. The molecule has 19 heavy (non-hydrogen) atoms. The van der Waals surface area contributed by atoms with E-state index in [4.69, 9.17) is 4.74 Å². The van der Waals surface area contributed by atoms with Crippen LogP contribution in [0, 0.1) is 0 Å². The summed E-state index contributed by atoms with van der Waals surface area (Å²) in [5, 5.41) is 3.08. The summed E-state index contributed by atoms with van der Waals surface area (Å²) in [6.07, 6.45) is 0.901. The van der Waals surface area contributed by atoms with Gasteiger partial charge in [-0.25, -0.2) is 0 Å². The third kappa shape index (κ3) is 6.36. The van der Waals surface area contributed by atoms with Gasteiger partial charge >= 0.3 is 0 Å². The molecule has 0 bridgehead atoms. The lowest BCUT2D eigenvalue weighted by Crippen LogP contribution is -2.40. The molecule has 0 spiro atoms. The Morgan fingerprint density at radius 1 is 1.32 bits per heavy atom. The molecule has 4 heteroatoms. The second kappa shape index (κ2) is 9.53. The number of ether oxygens (including phenoxy) is 1. The van der Waals surface area contributed by atoms with E-state index in [1.165, 1.54) is 5.56 Å². The summed E-state index contributed by atoms with van der Waals surface area (Å²) in [4.78, 5) is 13.9. The Balaban J connectivity index is 2.30. The van der Waals surface area contributed by atoms with Gasteiger partial charge in [-0.2, -0.15) is 0 Å². The molecule has 1 rings (SSSR count). The summed E-state index contributed by atoms with van der Waals surface area (Å²) in [7, 11) is 1.65. The third-order valence-electron chi connectivity index (χ3n) is 3.01. The van der Waals surface area contributed by atoms with E-state index in [0.717, 1.165) is 19.5 Å². The lowest BCUT2D eigenvalue weighted by atomic mass is 10.1. The molecule has 0 aliphatic carbocycles. The maximum absolute atomic E-state index is 12.0. The Morgan fingerprint density at radius 2 is 2.05 bits per heavy atom. The van der Waals surface area contributed by atoms with E-state index in [9.17, 15) is 4.79 Å². The molecule has 0 atom stereocenters. The van der Waals surface area contributed by atoms with E-state index in [-0.39, 0.29) is 5.91 Å². The summed E-state index contributed by atoms with van der Waals surface area (Å²) in [6, 6.07) is 10.2. The average Bonchev–Trinajstić information content (AvgIpc) is 2.45. The minimum Gasteiger partial charge on any atom is -0.383 e. The van der Waals surface area contributed by atoms with Gasteiger partial charge in [0.25, 0.3) is 0 Å². The largest absolute Gasteiger partial charge is 0.383 e. The van der Waals surface area contributed by atoms with Crippen LogP contribution in [0.25, 0.3) is 0 Å². The van der Waals surface area contributed by atoms with Crippen molar-refractivity contribution in [3.63, 3.8) is 0 Å². The van der Waals surface area contributed by atoms with E-state index in [2.05, 4.69) is 17.4 Å². The van der Waals surface area contributed by atoms with Crippen molar-refractivity contribution in [2.75, 3.05) is 39.9 Å². The number of carbonyl (C=O) groups is 1. The van der Waals surface area contributed by atoms with Gasteiger partial charge in [-0.05, 0) is 18.9 Å². The predicted molar refractivity (Wildman–Crippen MR) is 77.1 cm³/mol. The van der Waals surface area contributed by atoms with E-state index in [0.29, 0.717) is 19.7 Å². The molecule has 0 fully saturated rings. The number of hydrogen-bond acceptors (Lipinski definition) is 3. The second-order valence-electron chi connectivity index (χ2n) is 4.38. The Labute approximate surface area is 115 Å². The molecule has 1 aromatic rings. The summed E-state index contributed by atoms with van der Waals surface area (Å²) in [6.45, 7) is 5.24. The predicted octanol–water partition coefficient (Wildman–Crippen LogP) is 1.31. The lowest BCUT2D eigenvalue weighted by Gasteiger charge is -2.21. The maximum Gasteiger partial charge on any atom is 0.236 e. The zero-order valence-corrected chi connectivity index (χ0v) is 11.9. The Kier molecular flexibility index (Phi) is 7.86. The molecule has 106 valence electrons. The highest BCUT2D eigenvalue weighted by Crippen LogP contribution is 2.01. The fraction of sp³-hybridized carbons (Fsp3) is 0.533. The van der Waals surface area contributed by atoms with Gasteiger partial charge in [-0.3, -0.25) is 4.79 Å². The van der Waals surface area contributed by atoms with Gasteiger partial charge < -0.3 is 15.0 Å². The van der Waals surface area contributed by atoms with Gasteiger partial charge in [0.1, 0.15) is 0 Å². The maximum atomic E-state index is 12.0. The number of nitrogens with one attached hydrogen (secondary N) is 1. The van der Waals surface area contributed by atoms with Gasteiger partial charge in [0.2, 0.25) is 5.91 Å². The van der Waals surface area contributed by atoms with E-state index >= 15 is 0 Å². The molecular formula is C15H24N2O2. The molecule has 4 nitrogen and oxygen atoms in total. The molecular weight excluding hydrogens is 240 g/mol. The van der Waals surface area contributed by atoms with Crippen LogP contribution in [0.4, 0.5) is 0 Å². The lowest BCUT2D eigenvalue weighted by molar-refractivity contribution is -0.130. The van der Waals surface area contributed by atoms with Crippen LogP contribution in [-0.4, -0.2) is 50.7 Å². The zero-order chi connectivity index (χ0) is 13.9. The molecule has 0 radical (unpaired) electrons. The summed E-state index contributed by atoms with van der Waals surface area (Å²) in [5.74, 6) is 0.148. The molecule has 1 aromatic carbocycles. The topological polar surface area (TPSA) is 41.6 Å². The molecule has 0 unspecified atom stereocenters. The molecule has 1 N–H and O–H groups in total.